The van der Waals surface area contributed by atoms with E-state index in [-0.39, 0.29) is 16.9 Å². The van der Waals surface area contributed by atoms with E-state index in [2.05, 4.69) is 0 Å². The van der Waals surface area contributed by atoms with E-state index >= 15 is 0 Å². The van der Waals surface area contributed by atoms with Gasteiger partial charge in [0.25, 0.3) is 0 Å². The fourth-order valence-electron chi connectivity index (χ4n) is 3.38. The first-order valence-electron chi connectivity index (χ1n) is 8.60. The number of thioether (sulfide) groups is 1. The molecule has 2 fully saturated rings. The summed E-state index contributed by atoms with van der Waals surface area (Å²) >= 11 is 1.29. The minimum atomic E-state index is -1.22. The summed E-state index contributed by atoms with van der Waals surface area (Å²) in [7, 11) is 0. The lowest BCUT2D eigenvalue weighted by molar-refractivity contribution is -0.168. The third-order valence-electron chi connectivity index (χ3n) is 4.76. The number of Topliss-reactive ketones (excluding diaryl/α,β-unsaturated/α-hetero) is 1. The number of carbonyl (C=O) groups excluding carboxylic acids is 3. The van der Waals surface area contributed by atoms with Gasteiger partial charge in [-0.05, 0) is 11.1 Å². The Morgan fingerprint density at radius 1 is 1.04 bits per heavy atom. The Morgan fingerprint density at radius 2 is 1.59 bits per heavy atom. The average molecular weight is 382 g/mol. The predicted molar refractivity (Wildman–Crippen MR) is 101 cm³/mol. The summed E-state index contributed by atoms with van der Waals surface area (Å²) in [6.45, 7) is 0. The molecule has 0 aliphatic carbocycles. The summed E-state index contributed by atoms with van der Waals surface area (Å²) in [5.41, 5.74) is 7.37. The van der Waals surface area contributed by atoms with E-state index < -0.39 is 30.1 Å². The SMILES string of the molecule is N[C@@H]1C(=O)N2C(C(=O)OC(c3ccccc3)c3ccccc3)C(=O)CS[C@H]12. The van der Waals surface area contributed by atoms with Crippen LogP contribution in [0.15, 0.2) is 60.7 Å². The van der Waals surface area contributed by atoms with Crippen LogP contribution in [0.3, 0.4) is 0 Å². The highest BCUT2D eigenvalue weighted by Crippen LogP contribution is 2.37. The first kappa shape index (κ1) is 17.8. The zero-order valence-corrected chi connectivity index (χ0v) is 15.2. The zero-order valence-electron chi connectivity index (χ0n) is 14.4. The number of rotatable bonds is 4. The Morgan fingerprint density at radius 3 is 2.15 bits per heavy atom. The highest BCUT2D eigenvalue weighted by atomic mass is 32.2. The fourth-order valence-corrected chi connectivity index (χ4v) is 4.58. The molecule has 138 valence electrons. The van der Waals surface area contributed by atoms with Crippen molar-refractivity contribution in [2.75, 3.05) is 5.75 Å². The molecule has 2 aromatic rings. The van der Waals surface area contributed by atoms with E-state index in [1.165, 1.54) is 16.7 Å². The zero-order chi connectivity index (χ0) is 19.0. The molecule has 0 aromatic heterocycles. The van der Waals surface area contributed by atoms with Crippen molar-refractivity contribution >= 4 is 29.4 Å². The van der Waals surface area contributed by atoms with Gasteiger partial charge in [0.15, 0.2) is 17.9 Å². The molecule has 6 nitrogen and oxygen atoms in total. The van der Waals surface area contributed by atoms with E-state index in [0.717, 1.165) is 11.1 Å². The van der Waals surface area contributed by atoms with Crippen molar-refractivity contribution in [2.24, 2.45) is 5.73 Å². The molecule has 7 heteroatoms. The van der Waals surface area contributed by atoms with Gasteiger partial charge in [0, 0.05) is 0 Å². The van der Waals surface area contributed by atoms with Crippen molar-refractivity contribution in [3.63, 3.8) is 0 Å². The molecule has 2 aliphatic rings. The van der Waals surface area contributed by atoms with Crippen LogP contribution in [0, 0.1) is 0 Å². The lowest BCUT2D eigenvalue weighted by Crippen LogP contribution is -2.74. The van der Waals surface area contributed by atoms with Crippen LogP contribution in [-0.2, 0) is 19.1 Å². The normalized spacial score (nSPS) is 24.4. The van der Waals surface area contributed by atoms with Crippen LogP contribution in [0.25, 0.3) is 0 Å². The second-order valence-electron chi connectivity index (χ2n) is 6.48. The first-order valence-corrected chi connectivity index (χ1v) is 9.65. The molecule has 2 heterocycles. The summed E-state index contributed by atoms with van der Waals surface area (Å²) in [5, 5.41) is -0.348. The average Bonchev–Trinajstić information content (AvgIpc) is 2.72. The second kappa shape index (κ2) is 7.17. The Bertz CT molecular complexity index is 835. The van der Waals surface area contributed by atoms with Gasteiger partial charge in [0.2, 0.25) is 5.91 Å². The van der Waals surface area contributed by atoms with E-state index in [0.29, 0.717) is 0 Å². The van der Waals surface area contributed by atoms with Gasteiger partial charge in [-0.25, -0.2) is 4.79 Å². The van der Waals surface area contributed by atoms with Crippen LogP contribution in [0.1, 0.15) is 17.2 Å². The smallest absolute Gasteiger partial charge is 0.337 e. The number of nitrogens with zero attached hydrogens (tertiary/aromatic N) is 1. The molecule has 2 N–H and O–H groups in total. The molecule has 27 heavy (non-hydrogen) atoms. The molecule has 0 saturated carbocycles. The van der Waals surface area contributed by atoms with Crippen molar-refractivity contribution in [1.29, 1.82) is 0 Å². The Labute approximate surface area is 160 Å². The summed E-state index contributed by atoms with van der Waals surface area (Å²) in [6, 6.07) is 16.7. The maximum atomic E-state index is 12.9. The summed E-state index contributed by atoms with van der Waals surface area (Å²) < 4.78 is 5.76. The molecule has 2 saturated heterocycles. The van der Waals surface area contributed by atoms with Gasteiger partial charge in [0.1, 0.15) is 11.4 Å². The number of hydrogen-bond acceptors (Lipinski definition) is 6. The quantitative estimate of drug-likeness (QED) is 0.490. The van der Waals surface area contributed by atoms with Gasteiger partial charge in [-0.1, -0.05) is 60.7 Å². The Kier molecular flexibility index (Phi) is 4.72. The number of carbonyl (C=O) groups is 3. The lowest BCUT2D eigenvalue weighted by atomic mass is 9.99. The van der Waals surface area contributed by atoms with Crippen molar-refractivity contribution in [1.82, 2.24) is 4.90 Å². The molecule has 0 spiro atoms. The van der Waals surface area contributed by atoms with Crippen LogP contribution in [-0.4, -0.2) is 45.8 Å². The Balaban J connectivity index is 1.62. The Hall–Kier alpha value is -2.64. The molecule has 1 unspecified atom stereocenters. The van der Waals surface area contributed by atoms with Crippen LogP contribution >= 0.6 is 11.8 Å². The number of hydrogen-bond donors (Lipinski definition) is 1. The fraction of sp³-hybridized carbons (Fsp3) is 0.250. The number of ether oxygens (including phenoxy) is 1. The van der Waals surface area contributed by atoms with Crippen LogP contribution in [0.2, 0.25) is 0 Å². The third-order valence-corrected chi connectivity index (χ3v) is 6.08. The summed E-state index contributed by atoms with van der Waals surface area (Å²) in [5.74, 6) is -1.30. The van der Waals surface area contributed by atoms with Crippen LogP contribution < -0.4 is 5.73 Å². The largest absolute Gasteiger partial charge is 0.451 e. The third kappa shape index (κ3) is 3.13. The number of ketones is 1. The van der Waals surface area contributed by atoms with E-state index in [9.17, 15) is 14.4 Å². The van der Waals surface area contributed by atoms with Gasteiger partial charge in [0.05, 0.1) is 5.75 Å². The van der Waals surface area contributed by atoms with Gasteiger partial charge in [-0.15, -0.1) is 11.8 Å². The maximum Gasteiger partial charge on any atom is 0.337 e. The molecule has 1 amide bonds. The summed E-state index contributed by atoms with van der Waals surface area (Å²) in [4.78, 5) is 38.7. The molecule has 3 atom stereocenters. The number of benzene rings is 2. The molecule has 0 radical (unpaired) electrons. The molecule has 2 aromatic carbocycles. The topological polar surface area (TPSA) is 89.7 Å². The number of amides is 1. The number of β-lactam (4-membered cyclic amide) rings is 1. The van der Waals surface area contributed by atoms with E-state index in [4.69, 9.17) is 10.5 Å². The first-order chi connectivity index (χ1) is 13.1. The van der Waals surface area contributed by atoms with Gasteiger partial charge >= 0.3 is 5.97 Å². The molecular weight excluding hydrogens is 364 g/mol. The highest BCUT2D eigenvalue weighted by Gasteiger charge is 2.56. The lowest BCUT2D eigenvalue weighted by Gasteiger charge is -2.50. The molecule has 0 bridgehead atoms. The van der Waals surface area contributed by atoms with Crippen molar-refractivity contribution in [3.8, 4) is 0 Å². The predicted octanol–water partition coefficient (Wildman–Crippen LogP) is 1.50. The minimum Gasteiger partial charge on any atom is -0.451 e. The van der Waals surface area contributed by atoms with Crippen molar-refractivity contribution < 1.29 is 19.1 Å². The van der Waals surface area contributed by atoms with E-state index in [1.807, 2.05) is 60.7 Å². The second-order valence-corrected chi connectivity index (χ2v) is 7.58. The molecule has 4 rings (SSSR count). The van der Waals surface area contributed by atoms with Crippen LogP contribution in [0.4, 0.5) is 0 Å². The van der Waals surface area contributed by atoms with Crippen LogP contribution in [0.5, 0.6) is 0 Å². The maximum absolute atomic E-state index is 12.9. The molecule has 2 aliphatic heterocycles. The minimum absolute atomic E-state index is 0.142. The van der Waals surface area contributed by atoms with E-state index in [1.54, 1.807) is 0 Å². The van der Waals surface area contributed by atoms with Gasteiger partial charge < -0.3 is 15.4 Å². The standard InChI is InChI=1S/C20H18N2O4S/c21-15-18(24)22-16(14(23)11-27-19(15)22)20(25)26-17(12-7-3-1-4-8-12)13-9-5-2-6-10-13/h1-10,15-17,19H,11,21H2/t15-,16?,19-/m1/s1. The highest BCUT2D eigenvalue weighted by molar-refractivity contribution is 8.00. The molecular formula is C20H18N2O4S. The van der Waals surface area contributed by atoms with Gasteiger partial charge in [-0.3, -0.25) is 9.59 Å². The van der Waals surface area contributed by atoms with Crippen molar-refractivity contribution in [2.45, 2.75) is 23.6 Å². The number of nitrogens with two attached hydrogens (primary N) is 1. The number of esters is 1. The number of fused-ring (bicyclic) bond motifs is 1. The van der Waals surface area contributed by atoms with Gasteiger partial charge in [-0.2, -0.15) is 0 Å². The monoisotopic (exact) mass is 382 g/mol. The summed E-state index contributed by atoms with van der Waals surface area (Å²) in [6.07, 6.45) is -0.661. The van der Waals surface area contributed by atoms with Crippen molar-refractivity contribution in [3.05, 3.63) is 71.8 Å².